The van der Waals surface area contributed by atoms with Crippen molar-refractivity contribution < 1.29 is 9.90 Å². The molecule has 108 valence electrons. The number of halogens is 3. The van der Waals surface area contributed by atoms with Crippen molar-refractivity contribution in [1.82, 2.24) is 5.43 Å². The molecule has 2 rings (SSSR count). The minimum Gasteiger partial charge on any atom is -0.506 e. The van der Waals surface area contributed by atoms with Crippen molar-refractivity contribution in [3.8, 4) is 5.75 Å². The van der Waals surface area contributed by atoms with Crippen LogP contribution in [0.3, 0.4) is 0 Å². The molecular weight excluding hydrogens is 515 g/mol. The zero-order valence-corrected chi connectivity index (χ0v) is 15.8. The van der Waals surface area contributed by atoms with E-state index in [4.69, 9.17) is 0 Å². The molecule has 0 saturated heterocycles. The van der Waals surface area contributed by atoms with Crippen LogP contribution in [0.2, 0.25) is 0 Å². The molecule has 21 heavy (non-hydrogen) atoms. The van der Waals surface area contributed by atoms with Crippen LogP contribution in [-0.4, -0.2) is 17.2 Å². The summed E-state index contributed by atoms with van der Waals surface area (Å²) in [4.78, 5) is 12.0. The van der Waals surface area contributed by atoms with Crippen LogP contribution in [0.5, 0.6) is 5.75 Å². The third-order valence-electron chi connectivity index (χ3n) is 2.55. The molecule has 4 nitrogen and oxygen atoms in total. The van der Waals surface area contributed by atoms with Gasteiger partial charge in [0, 0.05) is 13.6 Å². The molecule has 0 heterocycles. The first-order valence-corrected chi connectivity index (χ1v) is 8.41. The summed E-state index contributed by atoms with van der Waals surface area (Å²) in [5.41, 5.74) is 3.43. The standard InChI is InChI=1S/C14H9Br2IN2O2/c15-9-5-10(13(20)11(16)6-9)14(21)19-18-7-8-3-1-2-4-12(8)17/h1-7,20H,(H,19,21)/b18-7-. The number of amides is 1. The molecule has 0 spiro atoms. The number of hydrogen-bond acceptors (Lipinski definition) is 3. The maximum Gasteiger partial charge on any atom is 0.275 e. The summed E-state index contributed by atoms with van der Waals surface area (Å²) < 4.78 is 2.14. The highest BCUT2D eigenvalue weighted by atomic mass is 127. The number of hydrogen-bond donors (Lipinski definition) is 2. The second kappa shape index (κ2) is 7.37. The Labute approximate surface area is 152 Å². The molecule has 2 aromatic rings. The van der Waals surface area contributed by atoms with Crippen molar-refractivity contribution >= 4 is 66.6 Å². The molecule has 2 aromatic carbocycles. The number of aromatic hydroxyl groups is 1. The van der Waals surface area contributed by atoms with Crippen LogP contribution in [0.15, 0.2) is 50.4 Å². The molecule has 0 aromatic heterocycles. The number of benzene rings is 2. The van der Waals surface area contributed by atoms with E-state index in [1.54, 1.807) is 12.3 Å². The van der Waals surface area contributed by atoms with Gasteiger partial charge in [0.2, 0.25) is 0 Å². The lowest BCUT2D eigenvalue weighted by atomic mass is 10.2. The number of nitrogens with one attached hydrogen (secondary N) is 1. The highest BCUT2D eigenvalue weighted by Gasteiger charge is 2.14. The van der Waals surface area contributed by atoms with Gasteiger partial charge in [-0.2, -0.15) is 5.10 Å². The molecular formula is C14H9Br2IN2O2. The average molecular weight is 524 g/mol. The fraction of sp³-hybridized carbons (Fsp3) is 0. The van der Waals surface area contributed by atoms with Crippen molar-refractivity contribution in [1.29, 1.82) is 0 Å². The highest BCUT2D eigenvalue weighted by molar-refractivity contribution is 14.1. The number of phenolic OH excluding ortho intramolecular Hbond substituents is 1. The van der Waals surface area contributed by atoms with E-state index < -0.39 is 5.91 Å². The molecule has 0 bridgehead atoms. The number of hydrazone groups is 1. The quantitative estimate of drug-likeness (QED) is 0.358. The summed E-state index contributed by atoms with van der Waals surface area (Å²) >= 11 is 8.64. The Kier molecular flexibility index (Phi) is 5.77. The lowest BCUT2D eigenvalue weighted by Gasteiger charge is -2.06. The third-order valence-corrected chi connectivity index (χ3v) is 4.59. The molecule has 0 saturated carbocycles. The summed E-state index contributed by atoms with van der Waals surface area (Å²) in [5, 5.41) is 13.8. The molecule has 0 aliphatic heterocycles. The molecule has 2 N–H and O–H groups in total. The van der Waals surface area contributed by atoms with Crippen molar-refractivity contribution in [2.45, 2.75) is 0 Å². The lowest BCUT2D eigenvalue weighted by molar-refractivity contribution is 0.0952. The van der Waals surface area contributed by atoms with Crippen LogP contribution >= 0.6 is 54.5 Å². The normalized spacial score (nSPS) is 10.8. The summed E-state index contributed by atoms with van der Waals surface area (Å²) in [6.45, 7) is 0. The molecule has 0 aliphatic carbocycles. The van der Waals surface area contributed by atoms with Crippen LogP contribution in [-0.2, 0) is 0 Å². The maximum absolute atomic E-state index is 12.0. The summed E-state index contributed by atoms with van der Waals surface area (Å²) in [5.74, 6) is -0.614. The zero-order valence-electron chi connectivity index (χ0n) is 10.5. The Morgan fingerprint density at radius 2 is 2.00 bits per heavy atom. The van der Waals surface area contributed by atoms with E-state index in [0.29, 0.717) is 8.95 Å². The summed E-state index contributed by atoms with van der Waals surface area (Å²) in [7, 11) is 0. The van der Waals surface area contributed by atoms with Crippen LogP contribution in [0.4, 0.5) is 0 Å². The van der Waals surface area contributed by atoms with Crippen molar-refractivity contribution in [2.75, 3.05) is 0 Å². The van der Waals surface area contributed by atoms with Crippen molar-refractivity contribution in [3.63, 3.8) is 0 Å². The minimum absolute atomic E-state index is 0.125. The maximum atomic E-state index is 12.0. The Balaban J connectivity index is 2.14. The highest BCUT2D eigenvalue weighted by Crippen LogP contribution is 2.31. The van der Waals surface area contributed by atoms with Gasteiger partial charge in [0.05, 0.1) is 16.3 Å². The molecule has 1 amide bonds. The number of phenols is 1. The van der Waals surface area contributed by atoms with Gasteiger partial charge >= 0.3 is 0 Å². The van der Waals surface area contributed by atoms with E-state index in [9.17, 15) is 9.90 Å². The Bertz CT molecular complexity index is 720. The third kappa shape index (κ3) is 4.27. The molecule has 7 heteroatoms. The van der Waals surface area contributed by atoms with Gasteiger partial charge in [-0.3, -0.25) is 4.79 Å². The van der Waals surface area contributed by atoms with Crippen molar-refractivity contribution in [2.24, 2.45) is 5.10 Å². The monoisotopic (exact) mass is 522 g/mol. The van der Waals surface area contributed by atoms with Crippen LogP contribution < -0.4 is 5.43 Å². The topological polar surface area (TPSA) is 61.7 Å². The van der Waals surface area contributed by atoms with E-state index in [1.807, 2.05) is 24.3 Å². The van der Waals surface area contributed by atoms with Gasteiger partial charge in [0.15, 0.2) is 0 Å². The number of carbonyl (C=O) groups excluding carboxylic acids is 1. The Morgan fingerprint density at radius 3 is 2.71 bits per heavy atom. The van der Waals surface area contributed by atoms with Crippen LogP contribution in [0.1, 0.15) is 15.9 Å². The first-order valence-electron chi connectivity index (χ1n) is 5.75. The number of nitrogens with zero attached hydrogens (tertiary/aromatic N) is 1. The molecule has 0 radical (unpaired) electrons. The van der Waals surface area contributed by atoms with Gasteiger partial charge in [-0.15, -0.1) is 0 Å². The lowest BCUT2D eigenvalue weighted by Crippen LogP contribution is -2.18. The fourth-order valence-corrected chi connectivity index (χ4v) is 3.29. The zero-order chi connectivity index (χ0) is 15.4. The predicted octanol–water partition coefficient (Wildman–Crippen LogP) is 4.29. The van der Waals surface area contributed by atoms with Gasteiger partial charge in [-0.1, -0.05) is 34.1 Å². The van der Waals surface area contributed by atoms with E-state index >= 15 is 0 Å². The van der Waals surface area contributed by atoms with Crippen LogP contribution in [0.25, 0.3) is 0 Å². The smallest absolute Gasteiger partial charge is 0.275 e. The van der Waals surface area contributed by atoms with Gasteiger partial charge < -0.3 is 5.11 Å². The van der Waals surface area contributed by atoms with Crippen LogP contribution in [0, 0.1) is 3.57 Å². The van der Waals surface area contributed by atoms with E-state index in [0.717, 1.165) is 9.13 Å². The molecule has 0 atom stereocenters. The fourth-order valence-electron chi connectivity index (χ4n) is 1.54. The SMILES string of the molecule is O=C(N/N=C\c1ccccc1I)c1cc(Br)cc(Br)c1O. The summed E-state index contributed by atoms with van der Waals surface area (Å²) in [6.07, 6.45) is 1.56. The van der Waals surface area contributed by atoms with E-state index in [-0.39, 0.29) is 11.3 Å². The molecule has 0 unspecified atom stereocenters. The largest absolute Gasteiger partial charge is 0.506 e. The van der Waals surface area contributed by atoms with Gasteiger partial charge in [0.1, 0.15) is 5.75 Å². The summed E-state index contributed by atoms with van der Waals surface area (Å²) in [6, 6.07) is 10.8. The van der Waals surface area contributed by atoms with E-state index in [2.05, 4.69) is 65.0 Å². The Morgan fingerprint density at radius 1 is 1.29 bits per heavy atom. The Hall–Kier alpha value is -0.930. The molecule has 0 aliphatic rings. The predicted molar refractivity (Wildman–Crippen MR) is 97.7 cm³/mol. The van der Waals surface area contributed by atoms with Gasteiger partial charge in [-0.25, -0.2) is 5.43 Å². The number of carbonyl (C=O) groups is 1. The average Bonchev–Trinajstić information content (AvgIpc) is 2.44. The van der Waals surface area contributed by atoms with E-state index in [1.165, 1.54) is 6.07 Å². The second-order valence-electron chi connectivity index (χ2n) is 4.00. The second-order valence-corrected chi connectivity index (χ2v) is 6.94. The van der Waals surface area contributed by atoms with Crippen molar-refractivity contribution in [3.05, 3.63) is 60.0 Å². The van der Waals surface area contributed by atoms with Gasteiger partial charge in [-0.05, 0) is 56.7 Å². The first-order chi connectivity index (χ1) is 9.99. The van der Waals surface area contributed by atoms with Gasteiger partial charge in [0.25, 0.3) is 5.91 Å². The first kappa shape index (κ1) is 16.4. The minimum atomic E-state index is -0.489. The molecule has 0 fully saturated rings. The number of rotatable bonds is 3.